The molecule has 1 heterocycles. The predicted octanol–water partition coefficient (Wildman–Crippen LogP) is 3.68. The molecule has 0 aliphatic heterocycles. The fourth-order valence-electron chi connectivity index (χ4n) is 1.62. The Labute approximate surface area is 120 Å². The van der Waals surface area contributed by atoms with E-state index in [1.165, 1.54) is 4.88 Å². The number of hydrogen-bond acceptors (Lipinski definition) is 4. The van der Waals surface area contributed by atoms with Crippen molar-refractivity contribution in [2.75, 3.05) is 0 Å². The molecule has 1 N–H and O–H groups in total. The Morgan fingerprint density at radius 1 is 1.32 bits per heavy atom. The summed E-state index contributed by atoms with van der Waals surface area (Å²) in [7, 11) is 0. The topological polar surface area (TPSA) is 50.2 Å². The third kappa shape index (κ3) is 4.08. The Bertz CT molecular complexity index is 556. The van der Waals surface area contributed by atoms with Crippen molar-refractivity contribution in [3.63, 3.8) is 0 Å². The average Bonchev–Trinajstić information content (AvgIpc) is 2.67. The number of thioether (sulfide) groups is 1. The summed E-state index contributed by atoms with van der Waals surface area (Å²) in [5.74, 6) is 0.0617. The van der Waals surface area contributed by atoms with Crippen molar-refractivity contribution < 1.29 is 9.90 Å². The average molecular weight is 293 g/mol. The minimum atomic E-state index is -0.797. The van der Waals surface area contributed by atoms with Crippen LogP contribution in [-0.2, 0) is 17.0 Å². The molecule has 0 spiro atoms. The largest absolute Gasteiger partial charge is 0.481 e. The number of aliphatic carboxylic acids is 1. The van der Waals surface area contributed by atoms with E-state index in [2.05, 4.69) is 11.9 Å². The normalized spacial score (nSPS) is 10.6. The second-order valence-electron chi connectivity index (χ2n) is 4.25. The number of nitrogens with zero attached hydrogens (tertiary/aromatic N) is 1. The predicted molar refractivity (Wildman–Crippen MR) is 78.9 cm³/mol. The highest BCUT2D eigenvalue weighted by atomic mass is 32.2. The fraction of sp³-hybridized carbons (Fsp3) is 0.286. The third-order valence-electron chi connectivity index (χ3n) is 2.71. The van der Waals surface area contributed by atoms with Gasteiger partial charge in [-0.2, -0.15) is 0 Å². The molecular formula is C14H15NO2S2. The van der Waals surface area contributed by atoms with E-state index in [1.54, 1.807) is 23.1 Å². The second-order valence-corrected chi connectivity index (χ2v) is 6.59. The first-order chi connectivity index (χ1) is 9.04. The van der Waals surface area contributed by atoms with E-state index in [1.807, 2.05) is 31.2 Å². The lowest BCUT2D eigenvalue weighted by molar-refractivity contribution is -0.136. The van der Waals surface area contributed by atoms with Crippen LogP contribution in [0.1, 0.15) is 21.1 Å². The van der Waals surface area contributed by atoms with E-state index >= 15 is 0 Å². The van der Waals surface area contributed by atoms with E-state index in [9.17, 15) is 4.79 Å². The SMILES string of the molecule is Cc1nc(CSc2ccc(CC(=O)O)cc2)sc1C. The molecule has 0 bridgehead atoms. The monoisotopic (exact) mass is 293 g/mol. The fourth-order valence-corrected chi connectivity index (χ4v) is 3.45. The number of aromatic nitrogens is 1. The Morgan fingerprint density at radius 3 is 2.53 bits per heavy atom. The first-order valence-corrected chi connectivity index (χ1v) is 7.71. The molecule has 0 aliphatic rings. The summed E-state index contributed by atoms with van der Waals surface area (Å²) in [6, 6.07) is 7.68. The molecule has 5 heteroatoms. The number of benzene rings is 1. The zero-order valence-corrected chi connectivity index (χ0v) is 12.5. The van der Waals surface area contributed by atoms with E-state index in [4.69, 9.17) is 5.11 Å². The van der Waals surface area contributed by atoms with Crippen LogP contribution in [0.2, 0.25) is 0 Å². The lowest BCUT2D eigenvalue weighted by Crippen LogP contribution is -1.99. The van der Waals surface area contributed by atoms with Gasteiger partial charge in [0.2, 0.25) is 0 Å². The number of carbonyl (C=O) groups is 1. The van der Waals surface area contributed by atoms with Crippen LogP contribution < -0.4 is 0 Å². The van der Waals surface area contributed by atoms with Crippen LogP contribution in [0.15, 0.2) is 29.2 Å². The molecule has 1 aromatic carbocycles. The molecule has 0 fully saturated rings. The Morgan fingerprint density at radius 2 is 2.00 bits per heavy atom. The molecule has 3 nitrogen and oxygen atoms in total. The summed E-state index contributed by atoms with van der Waals surface area (Å²) in [5.41, 5.74) is 1.94. The lowest BCUT2D eigenvalue weighted by atomic mass is 10.2. The van der Waals surface area contributed by atoms with E-state index in [0.29, 0.717) is 0 Å². The standard InChI is InChI=1S/C14H15NO2S2/c1-9-10(2)19-13(15-9)8-18-12-5-3-11(4-6-12)7-14(16)17/h3-6H,7-8H2,1-2H3,(H,16,17). The van der Waals surface area contributed by atoms with Gasteiger partial charge in [0.05, 0.1) is 17.9 Å². The maximum absolute atomic E-state index is 10.6. The highest BCUT2D eigenvalue weighted by Crippen LogP contribution is 2.26. The number of hydrogen-bond donors (Lipinski definition) is 1. The molecule has 0 unspecified atom stereocenters. The second kappa shape index (κ2) is 6.21. The maximum Gasteiger partial charge on any atom is 0.307 e. The number of thiazole rings is 1. The van der Waals surface area contributed by atoms with Crippen LogP contribution in [0, 0.1) is 13.8 Å². The van der Waals surface area contributed by atoms with E-state index < -0.39 is 5.97 Å². The lowest BCUT2D eigenvalue weighted by Gasteiger charge is -2.01. The molecule has 0 radical (unpaired) electrons. The van der Waals surface area contributed by atoms with Crippen molar-refractivity contribution in [1.82, 2.24) is 4.98 Å². The third-order valence-corrected chi connectivity index (χ3v) is 4.99. The molecular weight excluding hydrogens is 278 g/mol. The van der Waals surface area contributed by atoms with Crippen molar-refractivity contribution in [2.45, 2.75) is 30.9 Å². The van der Waals surface area contributed by atoms with Crippen LogP contribution in [-0.4, -0.2) is 16.1 Å². The van der Waals surface area contributed by atoms with Gasteiger partial charge >= 0.3 is 5.97 Å². The van der Waals surface area contributed by atoms with Gasteiger partial charge in [-0.3, -0.25) is 4.79 Å². The van der Waals surface area contributed by atoms with Gasteiger partial charge in [-0.15, -0.1) is 23.1 Å². The van der Waals surface area contributed by atoms with Gasteiger partial charge in [-0.05, 0) is 31.5 Å². The van der Waals surface area contributed by atoms with Gasteiger partial charge in [-0.1, -0.05) is 12.1 Å². The van der Waals surface area contributed by atoms with Crippen LogP contribution in [0.4, 0.5) is 0 Å². The first kappa shape index (κ1) is 14.1. The van der Waals surface area contributed by atoms with E-state index in [0.717, 1.165) is 26.9 Å². The summed E-state index contributed by atoms with van der Waals surface area (Å²) in [6.45, 7) is 4.11. The minimum Gasteiger partial charge on any atom is -0.481 e. The Balaban J connectivity index is 1.94. The van der Waals surface area contributed by atoms with Crippen LogP contribution in [0.5, 0.6) is 0 Å². The molecule has 0 saturated heterocycles. The molecule has 1 aromatic heterocycles. The van der Waals surface area contributed by atoms with Crippen molar-refractivity contribution in [2.24, 2.45) is 0 Å². The summed E-state index contributed by atoms with van der Waals surface area (Å²) < 4.78 is 0. The number of aryl methyl sites for hydroxylation is 2. The first-order valence-electron chi connectivity index (χ1n) is 5.91. The van der Waals surface area contributed by atoms with Gasteiger partial charge in [0.25, 0.3) is 0 Å². The summed E-state index contributed by atoms with van der Waals surface area (Å²) in [4.78, 5) is 17.5. The minimum absolute atomic E-state index is 0.0792. The zero-order valence-electron chi connectivity index (χ0n) is 10.8. The molecule has 0 amide bonds. The van der Waals surface area contributed by atoms with Gasteiger partial charge in [0, 0.05) is 9.77 Å². The quantitative estimate of drug-likeness (QED) is 0.854. The van der Waals surface area contributed by atoms with Crippen LogP contribution in [0.3, 0.4) is 0 Å². The number of carboxylic acids is 1. The van der Waals surface area contributed by atoms with Crippen molar-refractivity contribution in [3.8, 4) is 0 Å². The van der Waals surface area contributed by atoms with Crippen molar-refractivity contribution in [3.05, 3.63) is 45.4 Å². The van der Waals surface area contributed by atoms with Gasteiger partial charge in [0.15, 0.2) is 0 Å². The van der Waals surface area contributed by atoms with Gasteiger partial charge in [-0.25, -0.2) is 4.98 Å². The van der Waals surface area contributed by atoms with E-state index in [-0.39, 0.29) is 6.42 Å². The van der Waals surface area contributed by atoms with Gasteiger partial charge in [0.1, 0.15) is 5.01 Å². The zero-order chi connectivity index (χ0) is 13.8. The molecule has 0 saturated carbocycles. The van der Waals surface area contributed by atoms with Crippen LogP contribution in [0.25, 0.3) is 0 Å². The smallest absolute Gasteiger partial charge is 0.307 e. The molecule has 0 atom stereocenters. The summed E-state index contributed by atoms with van der Waals surface area (Å²) >= 11 is 3.46. The Kier molecular flexibility index (Phi) is 4.61. The molecule has 19 heavy (non-hydrogen) atoms. The number of rotatable bonds is 5. The van der Waals surface area contributed by atoms with Crippen molar-refractivity contribution in [1.29, 1.82) is 0 Å². The summed E-state index contributed by atoms with van der Waals surface area (Å²) in [6.07, 6.45) is 0.0792. The van der Waals surface area contributed by atoms with Crippen LogP contribution >= 0.6 is 23.1 Å². The molecule has 2 aromatic rings. The molecule has 0 aliphatic carbocycles. The number of carboxylic acid groups (broad SMARTS) is 1. The van der Waals surface area contributed by atoms with Gasteiger partial charge < -0.3 is 5.11 Å². The Hall–Kier alpha value is -1.33. The summed E-state index contributed by atoms with van der Waals surface area (Å²) in [5, 5.41) is 9.84. The highest BCUT2D eigenvalue weighted by Gasteiger charge is 2.05. The molecule has 2 rings (SSSR count). The maximum atomic E-state index is 10.6. The van der Waals surface area contributed by atoms with Crippen molar-refractivity contribution >= 4 is 29.1 Å². The highest BCUT2D eigenvalue weighted by molar-refractivity contribution is 7.98. The molecule has 100 valence electrons.